The van der Waals surface area contributed by atoms with Gasteiger partial charge >= 0.3 is 0 Å². The van der Waals surface area contributed by atoms with Gasteiger partial charge in [-0.1, -0.05) is 80.5 Å². The molecular formula is C30H35ClN2O3S2. The van der Waals surface area contributed by atoms with Gasteiger partial charge in [0.05, 0.1) is 10.5 Å². The molecular weight excluding hydrogens is 536 g/mol. The lowest BCUT2D eigenvalue weighted by molar-refractivity contribution is 0.0932. The number of carbonyl (C=O) groups excluding carboxylic acids is 1. The number of halogens is 1. The van der Waals surface area contributed by atoms with Gasteiger partial charge in [-0.2, -0.15) is 4.31 Å². The quantitative estimate of drug-likeness (QED) is 0.303. The van der Waals surface area contributed by atoms with Crippen LogP contribution in [0.1, 0.15) is 49.5 Å². The van der Waals surface area contributed by atoms with Crippen molar-refractivity contribution in [2.24, 2.45) is 11.8 Å². The minimum absolute atomic E-state index is 0.0852. The van der Waals surface area contributed by atoms with Crippen LogP contribution in [-0.2, 0) is 16.4 Å². The molecule has 1 aliphatic heterocycles. The summed E-state index contributed by atoms with van der Waals surface area (Å²) in [6.45, 7) is 7.18. The van der Waals surface area contributed by atoms with E-state index in [0.29, 0.717) is 35.0 Å². The van der Waals surface area contributed by atoms with Crippen molar-refractivity contribution in [3.8, 4) is 0 Å². The molecule has 38 heavy (non-hydrogen) atoms. The van der Waals surface area contributed by atoms with Gasteiger partial charge in [-0.3, -0.25) is 4.79 Å². The van der Waals surface area contributed by atoms with Crippen LogP contribution in [0.5, 0.6) is 0 Å². The fourth-order valence-corrected chi connectivity index (χ4v) is 7.95. The van der Waals surface area contributed by atoms with E-state index < -0.39 is 10.0 Å². The van der Waals surface area contributed by atoms with Crippen LogP contribution in [-0.4, -0.2) is 37.8 Å². The van der Waals surface area contributed by atoms with Gasteiger partial charge in [0.15, 0.2) is 0 Å². The van der Waals surface area contributed by atoms with Crippen molar-refractivity contribution in [2.75, 3.05) is 13.1 Å². The second kappa shape index (κ2) is 12.7. The summed E-state index contributed by atoms with van der Waals surface area (Å²) in [4.78, 5) is 15.4. The Morgan fingerprint density at radius 1 is 1.03 bits per heavy atom. The maximum atomic E-state index is 13.7. The first-order valence-electron chi connectivity index (χ1n) is 13.1. The third-order valence-corrected chi connectivity index (χ3v) is 9.97. The normalized spacial score (nSPS) is 19.2. The van der Waals surface area contributed by atoms with E-state index in [9.17, 15) is 13.2 Å². The number of carbonyl (C=O) groups is 1. The van der Waals surface area contributed by atoms with Gasteiger partial charge in [0, 0.05) is 33.9 Å². The SMILES string of the molecule is CC[C@@H](Cc1ccccc1)NC(=O)c1cc(S(=O)(=O)N2C[C@H](C)C[C@H](C)C2)ccc1Sc1cccc(Cl)c1. The third-order valence-electron chi connectivity index (χ3n) is 6.85. The van der Waals surface area contributed by atoms with Gasteiger partial charge in [-0.15, -0.1) is 0 Å². The van der Waals surface area contributed by atoms with Crippen molar-refractivity contribution in [2.45, 2.75) is 60.8 Å². The number of nitrogens with zero attached hydrogens (tertiary/aromatic N) is 1. The first-order valence-corrected chi connectivity index (χ1v) is 15.7. The monoisotopic (exact) mass is 570 g/mol. The van der Waals surface area contributed by atoms with Crippen LogP contribution < -0.4 is 5.32 Å². The number of rotatable bonds is 9. The topological polar surface area (TPSA) is 66.5 Å². The maximum absolute atomic E-state index is 13.7. The average molecular weight is 571 g/mol. The Bertz CT molecular complexity index is 1350. The van der Waals surface area contributed by atoms with Crippen molar-refractivity contribution >= 4 is 39.3 Å². The van der Waals surface area contributed by atoms with E-state index in [1.165, 1.54) is 17.8 Å². The Kier molecular flexibility index (Phi) is 9.58. The highest BCUT2D eigenvalue weighted by Gasteiger charge is 2.32. The molecule has 3 aromatic rings. The zero-order valence-electron chi connectivity index (χ0n) is 22.1. The summed E-state index contributed by atoms with van der Waals surface area (Å²) in [6, 6.07) is 22.2. The number of hydrogen-bond acceptors (Lipinski definition) is 4. The number of sulfonamides is 1. The molecule has 0 saturated carbocycles. The lowest BCUT2D eigenvalue weighted by Crippen LogP contribution is -2.42. The fraction of sp³-hybridized carbons (Fsp3) is 0.367. The lowest BCUT2D eigenvalue weighted by atomic mass is 9.94. The molecule has 0 aromatic heterocycles. The summed E-state index contributed by atoms with van der Waals surface area (Å²) in [5, 5.41) is 3.75. The Labute approximate surface area is 236 Å². The van der Waals surface area contributed by atoms with Crippen LogP contribution >= 0.6 is 23.4 Å². The van der Waals surface area contributed by atoms with Crippen LogP contribution in [0.4, 0.5) is 0 Å². The maximum Gasteiger partial charge on any atom is 0.252 e. The largest absolute Gasteiger partial charge is 0.349 e. The number of nitrogens with one attached hydrogen (secondary N) is 1. The standard InChI is InChI=1S/C30H35ClN2O3S2/c1-4-25(16-23-9-6-5-7-10-23)32-30(34)28-18-27(38(35,36)33-19-21(2)15-22(3)20-33)13-14-29(28)37-26-12-8-11-24(31)17-26/h5-14,17-18,21-22,25H,4,15-16,19-20H2,1-3H3,(H,32,34)/t21-,22+,25-/m0/s1. The molecule has 1 N–H and O–H groups in total. The van der Waals surface area contributed by atoms with Crippen molar-refractivity contribution in [1.29, 1.82) is 0 Å². The average Bonchev–Trinajstić information content (AvgIpc) is 2.88. The van der Waals surface area contributed by atoms with Crippen LogP contribution in [0.2, 0.25) is 5.02 Å². The highest BCUT2D eigenvalue weighted by atomic mass is 35.5. The van der Waals surface area contributed by atoms with Crippen LogP contribution in [0.15, 0.2) is 87.5 Å². The number of benzene rings is 3. The summed E-state index contributed by atoms with van der Waals surface area (Å²) >= 11 is 7.59. The van der Waals surface area contributed by atoms with Gasteiger partial charge in [-0.25, -0.2) is 8.42 Å². The summed E-state index contributed by atoms with van der Waals surface area (Å²) in [6.07, 6.45) is 2.45. The van der Waals surface area contributed by atoms with Crippen LogP contribution in [0.3, 0.4) is 0 Å². The molecule has 3 aromatic carbocycles. The lowest BCUT2D eigenvalue weighted by Gasteiger charge is -2.34. The van der Waals surface area contributed by atoms with E-state index in [-0.39, 0.29) is 28.7 Å². The van der Waals surface area contributed by atoms with Crippen molar-refractivity contribution in [1.82, 2.24) is 9.62 Å². The van der Waals surface area contributed by atoms with E-state index in [4.69, 9.17) is 11.6 Å². The van der Waals surface area contributed by atoms with Gasteiger partial charge in [-0.05, 0) is 73.1 Å². The number of piperidine rings is 1. The number of hydrogen-bond donors (Lipinski definition) is 1. The molecule has 0 unspecified atom stereocenters. The molecule has 0 spiro atoms. The zero-order valence-corrected chi connectivity index (χ0v) is 24.5. The molecule has 5 nitrogen and oxygen atoms in total. The second-order valence-corrected chi connectivity index (χ2v) is 13.7. The van der Waals surface area contributed by atoms with E-state index in [0.717, 1.165) is 23.3 Å². The Hall–Kier alpha value is -2.32. The highest BCUT2D eigenvalue weighted by molar-refractivity contribution is 7.99. The summed E-state index contributed by atoms with van der Waals surface area (Å²) in [5.41, 5.74) is 1.48. The third kappa shape index (κ3) is 7.20. The second-order valence-electron chi connectivity index (χ2n) is 10.3. The first-order chi connectivity index (χ1) is 18.2. The van der Waals surface area contributed by atoms with E-state index >= 15 is 0 Å². The van der Waals surface area contributed by atoms with E-state index in [2.05, 4.69) is 19.2 Å². The Morgan fingerprint density at radius 3 is 2.39 bits per heavy atom. The molecule has 202 valence electrons. The fourth-order valence-electron chi connectivity index (χ4n) is 5.00. The predicted octanol–water partition coefficient (Wildman–Crippen LogP) is 6.91. The molecule has 0 bridgehead atoms. The van der Waals surface area contributed by atoms with Gasteiger partial charge in [0.25, 0.3) is 5.91 Å². The van der Waals surface area contributed by atoms with Gasteiger partial charge < -0.3 is 5.32 Å². The molecule has 1 amide bonds. The molecule has 0 radical (unpaired) electrons. The molecule has 1 aliphatic rings. The van der Waals surface area contributed by atoms with Crippen LogP contribution in [0, 0.1) is 11.8 Å². The molecule has 1 fully saturated rings. The molecule has 3 atom stereocenters. The Morgan fingerprint density at radius 2 is 1.74 bits per heavy atom. The predicted molar refractivity (Wildman–Crippen MR) is 155 cm³/mol. The number of amides is 1. The molecule has 1 heterocycles. The molecule has 1 saturated heterocycles. The van der Waals surface area contributed by atoms with E-state index in [1.54, 1.807) is 22.5 Å². The highest BCUT2D eigenvalue weighted by Crippen LogP contribution is 2.35. The van der Waals surface area contributed by atoms with Crippen molar-refractivity contribution in [3.63, 3.8) is 0 Å². The first kappa shape index (κ1) is 28.7. The summed E-state index contributed by atoms with van der Waals surface area (Å²) in [5.74, 6) is 0.296. The summed E-state index contributed by atoms with van der Waals surface area (Å²) < 4.78 is 28.9. The minimum atomic E-state index is -3.74. The molecule has 0 aliphatic carbocycles. The van der Waals surface area contributed by atoms with Gasteiger partial charge in [0.2, 0.25) is 10.0 Å². The van der Waals surface area contributed by atoms with Crippen LogP contribution in [0.25, 0.3) is 0 Å². The Balaban J connectivity index is 1.67. The minimum Gasteiger partial charge on any atom is -0.349 e. The molecule has 4 rings (SSSR count). The van der Waals surface area contributed by atoms with Gasteiger partial charge in [0.1, 0.15) is 0 Å². The smallest absolute Gasteiger partial charge is 0.252 e. The van der Waals surface area contributed by atoms with E-state index in [1.807, 2.05) is 55.5 Å². The van der Waals surface area contributed by atoms with Crippen molar-refractivity contribution < 1.29 is 13.2 Å². The molecule has 8 heteroatoms. The zero-order chi connectivity index (χ0) is 27.3. The summed E-state index contributed by atoms with van der Waals surface area (Å²) in [7, 11) is -3.74. The van der Waals surface area contributed by atoms with Crippen molar-refractivity contribution in [3.05, 3.63) is 88.9 Å².